The SMILES string of the molecule is CCN(C(=O)n1nnn(-c2ccccc2OC)c1=O)C1CCCCC1. The average Bonchev–Trinajstić information content (AvgIpc) is 3.04. The summed E-state index contributed by atoms with van der Waals surface area (Å²) in [5.74, 6) is 0.490. The Morgan fingerprint density at radius 1 is 1.24 bits per heavy atom. The molecular weight excluding hydrogens is 322 g/mol. The van der Waals surface area contributed by atoms with Crippen molar-refractivity contribution in [2.24, 2.45) is 0 Å². The summed E-state index contributed by atoms with van der Waals surface area (Å²) in [5.41, 5.74) is -0.140. The summed E-state index contributed by atoms with van der Waals surface area (Å²) in [6.07, 6.45) is 5.35. The van der Waals surface area contributed by atoms with Crippen LogP contribution in [0.1, 0.15) is 39.0 Å². The molecule has 1 heterocycles. The molecule has 2 aromatic rings. The number of aromatic nitrogens is 4. The number of hydrogen-bond acceptors (Lipinski definition) is 5. The number of para-hydroxylation sites is 2. The third-order valence-corrected chi connectivity index (χ3v) is 4.68. The van der Waals surface area contributed by atoms with E-state index in [0.717, 1.165) is 35.0 Å². The fourth-order valence-electron chi connectivity index (χ4n) is 3.39. The fraction of sp³-hybridized carbons (Fsp3) is 0.529. The normalized spacial score (nSPS) is 15.1. The minimum Gasteiger partial charge on any atom is -0.494 e. The van der Waals surface area contributed by atoms with Gasteiger partial charge in [-0.25, -0.2) is 9.59 Å². The molecular formula is C17H23N5O3. The van der Waals surface area contributed by atoms with Gasteiger partial charge < -0.3 is 9.64 Å². The number of hydrogen-bond donors (Lipinski definition) is 0. The summed E-state index contributed by atoms with van der Waals surface area (Å²) >= 11 is 0. The van der Waals surface area contributed by atoms with Crippen molar-refractivity contribution < 1.29 is 9.53 Å². The molecule has 3 rings (SSSR count). The first-order chi connectivity index (χ1) is 12.2. The third kappa shape index (κ3) is 3.29. The molecule has 0 radical (unpaired) electrons. The van der Waals surface area contributed by atoms with Crippen LogP contribution in [0.4, 0.5) is 4.79 Å². The van der Waals surface area contributed by atoms with E-state index in [-0.39, 0.29) is 6.04 Å². The molecule has 0 saturated heterocycles. The molecule has 0 bridgehead atoms. The quantitative estimate of drug-likeness (QED) is 0.792. The molecule has 1 amide bonds. The zero-order chi connectivity index (χ0) is 17.8. The lowest BCUT2D eigenvalue weighted by Gasteiger charge is -2.32. The number of amides is 1. The Labute approximate surface area is 146 Å². The van der Waals surface area contributed by atoms with Crippen molar-refractivity contribution in [1.82, 2.24) is 24.7 Å². The zero-order valence-electron chi connectivity index (χ0n) is 14.6. The second-order valence-corrected chi connectivity index (χ2v) is 6.12. The molecule has 0 atom stereocenters. The maximum Gasteiger partial charge on any atom is 0.377 e. The van der Waals surface area contributed by atoms with E-state index in [1.807, 2.05) is 6.92 Å². The van der Waals surface area contributed by atoms with Crippen LogP contribution < -0.4 is 10.4 Å². The van der Waals surface area contributed by atoms with Gasteiger partial charge >= 0.3 is 11.7 Å². The first kappa shape index (κ1) is 17.2. The molecule has 0 unspecified atom stereocenters. The summed E-state index contributed by atoms with van der Waals surface area (Å²) in [6, 6.07) is 6.73. The Morgan fingerprint density at radius 3 is 2.64 bits per heavy atom. The Balaban J connectivity index is 1.92. The Bertz CT molecular complexity index is 792. The summed E-state index contributed by atoms with van der Waals surface area (Å²) in [4.78, 5) is 27.2. The molecule has 1 aliphatic carbocycles. The molecule has 1 saturated carbocycles. The van der Waals surface area contributed by atoms with Gasteiger partial charge in [-0.15, -0.1) is 4.68 Å². The van der Waals surface area contributed by atoms with Gasteiger partial charge in [0.15, 0.2) is 0 Å². The number of benzene rings is 1. The van der Waals surface area contributed by atoms with Gasteiger partial charge in [0, 0.05) is 12.6 Å². The highest BCUT2D eigenvalue weighted by atomic mass is 16.5. The topological polar surface area (TPSA) is 82.2 Å². The van der Waals surface area contributed by atoms with Gasteiger partial charge in [0.25, 0.3) is 0 Å². The van der Waals surface area contributed by atoms with Crippen LogP contribution in [0, 0.1) is 0 Å². The largest absolute Gasteiger partial charge is 0.494 e. The molecule has 134 valence electrons. The lowest BCUT2D eigenvalue weighted by molar-refractivity contribution is 0.157. The van der Waals surface area contributed by atoms with Gasteiger partial charge in [0.1, 0.15) is 11.4 Å². The average molecular weight is 345 g/mol. The number of carbonyl (C=O) groups excluding carboxylic acids is 1. The third-order valence-electron chi connectivity index (χ3n) is 4.68. The second kappa shape index (κ2) is 7.50. The summed E-state index contributed by atoms with van der Waals surface area (Å²) in [5, 5.41) is 7.67. The van der Waals surface area contributed by atoms with Crippen molar-refractivity contribution in [3.63, 3.8) is 0 Å². The van der Waals surface area contributed by atoms with Gasteiger partial charge in [0.2, 0.25) is 0 Å². The van der Waals surface area contributed by atoms with Gasteiger partial charge in [-0.05, 0) is 42.3 Å². The van der Waals surface area contributed by atoms with Crippen molar-refractivity contribution in [1.29, 1.82) is 0 Å². The molecule has 1 aliphatic rings. The van der Waals surface area contributed by atoms with Gasteiger partial charge in [0.05, 0.1) is 7.11 Å². The minimum atomic E-state index is -0.594. The maximum absolute atomic E-state index is 12.8. The molecule has 8 nitrogen and oxygen atoms in total. The maximum atomic E-state index is 12.8. The van der Waals surface area contributed by atoms with Gasteiger partial charge in [-0.3, -0.25) is 0 Å². The highest BCUT2D eigenvalue weighted by Crippen LogP contribution is 2.23. The number of ether oxygens (including phenoxy) is 1. The number of tetrazole rings is 1. The van der Waals surface area contributed by atoms with E-state index in [4.69, 9.17) is 4.74 Å². The minimum absolute atomic E-state index is 0.162. The summed E-state index contributed by atoms with van der Waals surface area (Å²) in [7, 11) is 1.52. The lowest BCUT2D eigenvalue weighted by Crippen LogP contribution is -2.46. The van der Waals surface area contributed by atoms with Crippen molar-refractivity contribution in [3.05, 3.63) is 34.7 Å². The monoisotopic (exact) mass is 345 g/mol. The molecule has 1 aromatic heterocycles. The standard InChI is InChI=1S/C17H23N5O3/c1-3-20(13-9-5-4-6-10-13)16(23)22-17(24)21(18-19-22)14-11-7-8-12-15(14)25-2/h7-8,11-13H,3-6,9-10H2,1-2H3. The van der Waals surface area contributed by atoms with E-state index in [0.29, 0.717) is 18.0 Å². The van der Waals surface area contributed by atoms with Crippen molar-refractivity contribution >= 4 is 6.03 Å². The molecule has 0 aliphatic heterocycles. The van der Waals surface area contributed by atoms with Crippen molar-refractivity contribution in [2.75, 3.05) is 13.7 Å². The second-order valence-electron chi connectivity index (χ2n) is 6.12. The van der Waals surface area contributed by atoms with E-state index in [9.17, 15) is 9.59 Å². The Kier molecular flexibility index (Phi) is 5.16. The number of nitrogens with zero attached hydrogens (tertiary/aromatic N) is 5. The van der Waals surface area contributed by atoms with E-state index in [1.54, 1.807) is 29.2 Å². The van der Waals surface area contributed by atoms with Crippen LogP contribution in [0.3, 0.4) is 0 Å². The van der Waals surface area contributed by atoms with Crippen LogP contribution in [-0.4, -0.2) is 50.4 Å². The molecule has 1 fully saturated rings. The van der Waals surface area contributed by atoms with Crippen molar-refractivity contribution in [2.45, 2.75) is 45.1 Å². The predicted molar refractivity (Wildman–Crippen MR) is 92.2 cm³/mol. The number of methoxy groups -OCH3 is 1. The number of carbonyl (C=O) groups is 1. The van der Waals surface area contributed by atoms with E-state index in [2.05, 4.69) is 10.4 Å². The first-order valence-electron chi connectivity index (χ1n) is 8.66. The Morgan fingerprint density at radius 2 is 1.96 bits per heavy atom. The molecule has 1 aromatic carbocycles. The molecule has 8 heteroatoms. The van der Waals surface area contributed by atoms with Crippen molar-refractivity contribution in [3.8, 4) is 11.4 Å². The van der Waals surface area contributed by atoms with E-state index in [1.165, 1.54) is 13.5 Å². The van der Waals surface area contributed by atoms with Gasteiger partial charge in [-0.2, -0.15) is 4.68 Å². The highest BCUT2D eigenvalue weighted by Gasteiger charge is 2.28. The molecule has 25 heavy (non-hydrogen) atoms. The fourth-order valence-corrected chi connectivity index (χ4v) is 3.39. The number of rotatable bonds is 4. The first-order valence-corrected chi connectivity index (χ1v) is 8.66. The summed E-state index contributed by atoms with van der Waals surface area (Å²) < 4.78 is 7.18. The van der Waals surface area contributed by atoms with E-state index >= 15 is 0 Å². The van der Waals surface area contributed by atoms with Crippen LogP contribution in [0.25, 0.3) is 5.69 Å². The van der Waals surface area contributed by atoms with Crippen LogP contribution >= 0.6 is 0 Å². The predicted octanol–water partition coefficient (Wildman–Crippen LogP) is 2.06. The molecule has 0 N–H and O–H groups in total. The summed E-state index contributed by atoms with van der Waals surface area (Å²) in [6.45, 7) is 2.46. The van der Waals surface area contributed by atoms with Crippen LogP contribution in [0.15, 0.2) is 29.1 Å². The Hall–Kier alpha value is -2.64. The van der Waals surface area contributed by atoms with Crippen LogP contribution in [0.5, 0.6) is 5.75 Å². The van der Waals surface area contributed by atoms with E-state index < -0.39 is 11.7 Å². The lowest BCUT2D eigenvalue weighted by atomic mass is 9.94. The smallest absolute Gasteiger partial charge is 0.377 e. The van der Waals surface area contributed by atoms with Crippen LogP contribution in [0.2, 0.25) is 0 Å². The highest BCUT2D eigenvalue weighted by molar-refractivity contribution is 5.76. The van der Waals surface area contributed by atoms with Crippen LogP contribution in [-0.2, 0) is 0 Å². The van der Waals surface area contributed by atoms with Gasteiger partial charge in [-0.1, -0.05) is 31.4 Å². The molecule has 0 spiro atoms. The zero-order valence-corrected chi connectivity index (χ0v) is 14.6.